The lowest BCUT2D eigenvalue weighted by Crippen LogP contribution is -2.62. The molecule has 6 rings (SSSR count). The first-order chi connectivity index (χ1) is 12.5. The largest absolute Gasteiger partial charge is 0.369 e. The van der Waals surface area contributed by atoms with Crippen LogP contribution in [0.15, 0.2) is 29.6 Å². The summed E-state index contributed by atoms with van der Waals surface area (Å²) in [5, 5.41) is 5.37. The van der Waals surface area contributed by atoms with E-state index in [1.807, 2.05) is 18.2 Å². The second-order valence-electron chi connectivity index (χ2n) is 8.25. The fourth-order valence-electron chi connectivity index (χ4n) is 5.80. The SMILES string of the molecule is NC(=O)C12CC3CC(C1)C(NC(=O)c1ccc(-c4cccs4)s1)C(C3)C2. The highest BCUT2D eigenvalue weighted by molar-refractivity contribution is 7.22. The predicted octanol–water partition coefficient (Wildman–Crippen LogP) is 3.89. The molecule has 0 radical (unpaired) electrons. The van der Waals surface area contributed by atoms with Crippen molar-refractivity contribution < 1.29 is 9.59 Å². The molecular formula is C20H22N2O2S2. The second kappa shape index (κ2) is 5.92. The number of nitrogens with one attached hydrogen (secondary N) is 1. The highest BCUT2D eigenvalue weighted by Gasteiger charge is 2.58. The number of carbonyl (C=O) groups excluding carboxylic acids is 2. The van der Waals surface area contributed by atoms with Crippen LogP contribution in [0.5, 0.6) is 0 Å². The molecule has 2 atom stereocenters. The molecule has 3 N–H and O–H groups in total. The van der Waals surface area contributed by atoms with Crippen molar-refractivity contribution in [3.8, 4) is 9.75 Å². The van der Waals surface area contributed by atoms with Crippen LogP contribution in [0.25, 0.3) is 9.75 Å². The molecule has 2 amide bonds. The third kappa shape index (κ3) is 2.54. The summed E-state index contributed by atoms with van der Waals surface area (Å²) >= 11 is 3.25. The van der Waals surface area contributed by atoms with Crippen LogP contribution in [0.3, 0.4) is 0 Å². The van der Waals surface area contributed by atoms with E-state index in [0.717, 1.165) is 41.9 Å². The van der Waals surface area contributed by atoms with Gasteiger partial charge < -0.3 is 11.1 Å². The summed E-state index contributed by atoms with van der Waals surface area (Å²) < 4.78 is 0. The Hall–Kier alpha value is -1.66. The van der Waals surface area contributed by atoms with Crippen LogP contribution in [-0.2, 0) is 4.79 Å². The van der Waals surface area contributed by atoms with Crippen molar-refractivity contribution in [1.82, 2.24) is 5.32 Å². The second-order valence-corrected chi connectivity index (χ2v) is 10.3. The van der Waals surface area contributed by atoms with Gasteiger partial charge in [0.1, 0.15) is 0 Å². The summed E-state index contributed by atoms with van der Waals surface area (Å²) in [5.74, 6) is 1.31. The Morgan fingerprint density at radius 2 is 1.85 bits per heavy atom. The van der Waals surface area contributed by atoms with Gasteiger partial charge in [0.15, 0.2) is 0 Å². The average Bonchev–Trinajstić information content (AvgIpc) is 3.28. The third-order valence-electron chi connectivity index (χ3n) is 6.69. The van der Waals surface area contributed by atoms with Crippen LogP contribution in [-0.4, -0.2) is 17.9 Å². The third-order valence-corrected chi connectivity index (χ3v) is 8.84. The van der Waals surface area contributed by atoms with Gasteiger partial charge in [-0.3, -0.25) is 9.59 Å². The van der Waals surface area contributed by atoms with Crippen molar-refractivity contribution in [3.63, 3.8) is 0 Å². The maximum absolute atomic E-state index is 12.8. The van der Waals surface area contributed by atoms with Gasteiger partial charge in [0, 0.05) is 21.2 Å². The van der Waals surface area contributed by atoms with E-state index in [-0.39, 0.29) is 23.3 Å². The van der Waals surface area contributed by atoms with Crippen molar-refractivity contribution in [1.29, 1.82) is 0 Å². The van der Waals surface area contributed by atoms with Crippen molar-refractivity contribution in [2.24, 2.45) is 28.9 Å². The molecule has 0 aromatic carbocycles. The standard InChI is InChI=1S/C20H22N2O2S2/c21-19(24)20-8-11-6-12(9-20)17(13(7-11)10-20)22-18(23)16-4-3-15(26-16)14-2-1-5-25-14/h1-5,11-13,17H,6-10H2,(H2,21,24)(H,22,23). The van der Waals surface area contributed by atoms with Gasteiger partial charge >= 0.3 is 0 Å². The number of carbonyl (C=O) groups is 2. The van der Waals surface area contributed by atoms with Crippen molar-refractivity contribution in [3.05, 3.63) is 34.5 Å². The zero-order valence-electron chi connectivity index (χ0n) is 14.4. The first-order valence-electron chi connectivity index (χ1n) is 9.28. The minimum atomic E-state index is -0.299. The van der Waals surface area contributed by atoms with E-state index in [2.05, 4.69) is 16.8 Å². The van der Waals surface area contributed by atoms with Gasteiger partial charge in [0.05, 0.1) is 4.88 Å². The molecular weight excluding hydrogens is 364 g/mol. The maximum Gasteiger partial charge on any atom is 0.261 e. The topological polar surface area (TPSA) is 72.2 Å². The monoisotopic (exact) mass is 386 g/mol. The highest BCUT2D eigenvalue weighted by atomic mass is 32.1. The summed E-state index contributed by atoms with van der Waals surface area (Å²) in [5.41, 5.74) is 5.46. The van der Waals surface area contributed by atoms with Gasteiger partial charge in [-0.05, 0) is 73.4 Å². The Bertz CT molecular complexity index is 841. The van der Waals surface area contributed by atoms with Crippen LogP contribution >= 0.6 is 22.7 Å². The van der Waals surface area contributed by atoms with E-state index in [9.17, 15) is 9.59 Å². The lowest BCUT2D eigenvalue weighted by Gasteiger charge is -2.58. The van der Waals surface area contributed by atoms with Gasteiger partial charge in [-0.25, -0.2) is 0 Å². The van der Waals surface area contributed by atoms with E-state index >= 15 is 0 Å². The minimum absolute atomic E-state index is 0.0309. The minimum Gasteiger partial charge on any atom is -0.369 e. The number of nitrogens with two attached hydrogens (primary N) is 1. The number of amides is 2. The molecule has 4 saturated carbocycles. The van der Waals surface area contributed by atoms with E-state index < -0.39 is 0 Å². The Kier molecular flexibility index (Phi) is 3.76. The smallest absolute Gasteiger partial charge is 0.261 e. The van der Waals surface area contributed by atoms with Gasteiger partial charge in [0.2, 0.25) is 5.91 Å². The summed E-state index contributed by atoms with van der Waals surface area (Å²) in [4.78, 5) is 28.0. The normalized spacial score (nSPS) is 34.8. The molecule has 2 unspecified atom stereocenters. The lowest BCUT2D eigenvalue weighted by molar-refractivity contribution is -0.145. The molecule has 4 bridgehead atoms. The summed E-state index contributed by atoms with van der Waals surface area (Å²) in [6.07, 6.45) is 4.92. The average molecular weight is 387 g/mol. The molecule has 136 valence electrons. The summed E-state index contributed by atoms with van der Waals surface area (Å²) in [6.45, 7) is 0. The molecule has 2 heterocycles. The summed E-state index contributed by atoms with van der Waals surface area (Å²) in [6, 6.07) is 8.27. The number of hydrogen-bond donors (Lipinski definition) is 2. The molecule has 0 aliphatic heterocycles. The summed E-state index contributed by atoms with van der Waals surface area (Å²) in [7, 11) is 0. The Balaban J connectivity index is 1.33. The molecule has 26 heavy (non-hydrogen) atoms. The lowest BCUT2D eigenvalue weighted by atomic mass is 9.47. The zero-order chi connectivity index (χ0) is 17.9. The fraction of sp³-hybridized carbons (Fsp3) is 0.500. The van der Waals surface area contributed by atoms with Crippen LogP contribution in [0.4, 0.5) is 0 Å². The molecule has 4 aliphatic rings. The molecule has 4 aliphatic carbocycles. The van der Waals surface area contributed by atoms with E-state index in [0.29, 0.717) is 17.8 Å². The Morgan fingerprint density at radius 1 is 1.08 bits per heavy atom. The Morgan fingerprint density at radius 3 is 2.50 bits per heavy atom. The molecule has 2 aromatic heterocycles. The molecule has 0 saturated heterocycles. The van der Waals surface area contributed by atoms with Crippen LogP contribution in [0.2, 0.25) is 0 Å². The van der Waals surface area contributed by atoms with E-state index in [1.54, 1.807) is 22.7 Å². The highest BCUT2D eigenvalue weighted by Crippen LogP contribution is 2.59. The number of thiophene rings is 2. The number of hydrogen-bond acceptors (Lipinski definition) is 4. The zero-order valence-corrected chi connectivity index (χ0v) is 16.1. The van der Waals surface area contributed by atoms with Crippen molar-refractivity contribution >= 4 is 34.5 Å². The van der Waals surface area contributed by atoms with Gasteiger partial charge in [0.25, 0.3) is 5.91 Å². The van der Waals surface area contributed by atoms with Crippen LogP contribution in [0, 0.1) is 23.2 Å². The molecule has 2 aromatic rings. The first kappa shape index (κ1) is 16.5. The quantitative estimate of drug-likeness (QED) is 0.837. The fourth-order valence-corrected chi connectivity index (χ4v) is 7.54. The number of primary amides is 1. The first-order valence-corrected chi connectivity index (χ1v) is 11.0. The van der Waals surface area contributed by atoms with Crippen molar-refractivity contribution in [2.45, 2.75) is 38.1 Å². The predicted molar refractivity (Wildman–Crippen MR) is 104 cm³/mol. The number of rotatable bonds is 4. The van der Waals surface area contributed by atoms with Gasteiger partial charge in [-0.15, -0.1) is 22.7 Å². The van der Waals surface area contributed by atoms with Gasteiger partial charge in [-0.1, -0.05) is 6.07 Å². The molecule has 4 nitrogen and oxygen atoms in total. The van der Waals surface area contributed by atoms with E-state index in [4.69, 9.17) is 5.73 Å². The molecule has 0 spiro atoms. The Labute approximate surface area is 160 Å². The van der Waals surface area contributed by atoms with Crippen LogP contribution < -0.4 is 11.1 Å². The maximum atomic E-state index is 12.8. The van der Waals surface area contributed by atoms with Gasteiger partial charge in [-0.2, -0.15) is 0 Å². The van der Waals surface area contributed by atoms with Crippen LogP contribution in [0.1, 0.15) is 41.8 Å². The van der Waals surface area contributed by atoms with Crippen molar-refractivity contribution in [2.75, 3.05) is 0 Å². The molecule has 6 heteroatoms. The van der Waals surface area contributed by atoms with E-state index in [1.165, 1.54) is 4.88 Å². The molecule has 4 fully saturated rings.